The molecule has 0 bridgehead atoms. The molecule has 0 aromatic heterocycles. The normalized spacial score (nSPS) is 16.0. The predicted molar refractivity (Wildman–Crippen MR) is 104 cm³/mol. The van der Waals surface area contributed by atoms with Crippen molar-refractivity contribution in [3.8, 4) is 0 Å². The van der Waals surface area contributed by atoms with E-state index in [1.54, 1.807) is 37.4 Å². The molecule has 2 aromatic carbocycles. The fraction of sp³-hybridized carbons (Fsp3) is 0.167. The first kappa shape index (κ1) is 19.8. The van der Waals surface area contributed by atoms with Crippen LogP contribution in [0.25, 0.3) is 0 Å². The van der Waals surface area contributed by atoms with Crippen LogP contribution < -0.4 is 5.32 Å². The van der Waals surface area contributed by atoms with Crippen molar-refractivity contribution in [1.29, 1.82) is 0 Å². The van der Waals surface area contributed by atoms with E-state index in [1.165, 1.54) is 6.92 Å². The molecule has 1 unspecified atom stereocenters. The maximum atomic E-state index is 13.2. The van der Waals surface area contributed by atoms with E-state index in [2.05, 4.69) is 10.3 Å². The van der Waals surface area contributed by atoms with Gasteiger partial charge in [-0.1, -0.05) is 29.8 Å². The van der Waals surface area contributed by atoms with Gasteiger partial charge in [0.1, 0.15) is 0 Å². The summed E-state index contributed by atoms with van der Waals surface area (Å²) in [7, 11) is 1.62. The smallest absolute Gasteiger partial charge is 0.369 e. The van der Waals surface area contributed by atoms with Crippen LogP contribution in [0.15, 0.2) is 53.5 Å². The first-order chi connectivity index (χ1) is 12.0. The number of nitrogens with zero attached hydrogens (tertiary/aromatic N) is 2. The van der Waals surface area contributed by atoms with Gasteiger partial charge in [-0.25, -0.2) is 4.99 Å². The Bertz CT molecular complexity index is 883. The molecular weight excluding hydrogens is 377 g/mol. The van der Waals surface area contributed by atoms with Gasteiger partial charge >= 0.3 is 12.2 Å². The number of fused-ring (bicyclic) bond motifs is 1. The van der Waals surface area contributed by atoms with Crippen molar-refractivity contribution in [2.24, 2.45) is 4.99 Å². The number of carbonyl (C=O) groups is 1. The molecule has 3 rings (SSSR count). The standard InChI is InChI=1S/C18H16ClN3O3.ClH/c1-11(23)25-18-17(20-2)21-15-9-8-13(19)10-14(15)16(22(18)24)12-6-4-3-5-7-12;/h3-10,18H,1-2H3,(H,20,21);1H. The van der Waals surface area contributed by atoms with E-state index in [0.717, 1.165) is 0 Å². The molecule has 1 aliphatic heterocycles. The van der Waals surface area contributed by atoms with Crippen LogP contribution in [0.3, 0.4) is 0 Å². The maximum Gasteiger partial charge on any atom is 0.369 e. The largest absolute Gasteiger partial charge is 0.620 e. The average molecular weight is 394 g/mol. The van der Waals surface area contributed by atoms with Crippen molar-refractivity contribution in [1.82, 2.24) is 5.32 Å². The molecule has 8 heteroatoms. The zero-order chi connectivity index (χ0) is 18.0. The molecule has 0 amide bonds. The quantitative estimate of drug-likeness (QED) is 0.482. The summed E-state index contributed by atoms with van der Waals surface area (Å²) in [4.78, 5) is 16.0. The zero-order valence-electron chi connectivity index (χ0n) is 14.1. The summed E-state index contributed by atoms with van der Waals surface area (Å²) in [6, 6.07) is 14.2. The van der Waals surface area contributed by atoms with Gasteiger partial charge in [-0.15, -0.1) is 12.4 Å². The van der Waals surface area contributed by atoms with E-state index in [9.17, 15) is 10.0 Å². The highest BCUT2D eigenvalue weighted by Crippen LogP contribution is 2.29. The van der Waals surface area contributed by atoms with Gasteiger partial charge in [0.15, 0.2) is 0 Å². The van der Waals surface area contributed by atoms with Crippen molar-refractivity contribution in [2.75, 3.05) is 7.05 Å². The second-order valence-corrected chi connectivity index (χ2v) is 5.85. The van der Waals surface area contributed by atoms with Crippen LogP contribution in [0.2, 0.25) is 5.02 Å². The summed E-state index contributed by atoms with van der Waals surface area (Å²) in [5.41, 5.74) is 2.13. The van der Waals surface area contributed by atoms with Crippen molar-refractivity contribution in [3.63, 3.8) is 0 Å². The monoisotopic (exact) mass is 393 g/mol. The average Bonchev–Trinajstić information content (AvgIpc) is 2.70. The summed E-state index contributed by atoms with van der Waals surface area (Å²) in [5, 5.41) is 16.5. The van der Waals surface area contributed by atoms with Crippen LogP contribution in [0.4, 0.5) is 5.69 Å². The van der Waals surface area contributed by atoms with Crippen LogP contribution in [0, 0.1) is 5.21 Å². The molecule has 6 nitrogen and oxygen atoms in total. The lowest BCUT2D eigenvalue weighted by atomic mass is 10.0. The minimum absolute atomic E-state index is 0. The van der Waals surface area contributed by atoms with Crippen molar-refractivity contribution < 1.29 is 14.3 Å². The number of aliphatic imine (C=N–C) groups is 1. The fourth-order valence-corrected chi connectivity index (χ4v) is 2.82. The molecule has 0 aliphatic carbocycles. The summed E-state index contributed by atoms with van der Waals surface area (Å²) in [6.45, 7) is 1.25. The third-order valence-corrected chi connectivity index (χ3v) is 3.94. The lowest BCUT2D eigenvalue weighted by Gasteiger charge is -2.18. The summed E-state index contributed by atoms with van der Waals surface area (Å²) >= 11 is 6.14. The van der Waals surface area contributed by atoms with Crippen LogP contribution in [0.5, 0.6) is 0 Å². The molecule has 1 aliphatic rings. The number of nitrogens with one attached hydrogen (secondary N) is 1. The van der Waals surface area contributed by atoms with Gasteiger partial charge < -0.3 is 15.3 Å². The molecule has 0 spiro atoms. The minimum Gasteiger partial charge on any atom is -0.620 e. The Hall–Kier alpha value is -2.57. The second-order valence-electron chi connectivity index (χ2n) is 5.41. The van der Waals surface area contributed by atoms with E-state index in [4.69, 9.17) is 16.3 Å². The molecule has 0 saturated carbocycles. The molecule has 0 saturated heterocycles. The van der Waals surface area contributed by atoms with Crippen molar-refractivity contribution in [2.45, 2.75) is 13.2 Å². The Morgan fingerprint density at radius 3 is 2.58 bits per heavy atom. The summed E-state index contributed by atoms with van der Waals surface area (Å²) in [5.74, 6) is -0.343. The molecule has 136 valence electrons. The number of hydroxylamine groups is 1. The van der Waals surface area contributed by atoms with E-state index in [0.29, 0.717) is 32.3 Å². The SMILES string of the molecule is CNC1=Nc2ccc(Cl)cc2C(c2ccccc2)=[N+]([O-])C1OC(C)=O.Cl. The first-order valence-electron chi connectivity index (χ1n) is 7.63. The highest BCUT2D eigenvalue weighted by molar-refractivity contribution is 6.31. The molecule has 1 N–H and O–H groups in total. The molecule has 26 heavy (non-hydrogen) atoms. The lowest BCUT2D eigenvalue weighted by molar-refractivity contribution is -0.525. The molecule has 0 radical (unpaired) electrons. The Kier molecular flexibility index (Phi) is 6.23. The number of carbonyl (C=O) groups excluding carboxylic acids is 1. The van der Waals surface area contributed by atoms with E-state index in [1.807, 2.05) is 18.2 Å². The summed E-state index contributed by atoms with van der Waals surface area (Å²) in [6.07, 6.45) is -1.22. The third-order valence-electron chi connectivity index (χ3n) is 3.70. The maximum absolute atomic E-state index is 13.2. The van der Waals surface area contributed by atoms with Gasteiger partial charge in [0, 0.05) is 24.6 Å². The van der Waals surface area contributed by atoms with Crippen molar-refractivity contribution in [3.05, 3.63) is 69.9 Å². The summed E-state index contributed by atoms with van der Waals surface area (Å²) < 4.78 is 5.87. The number of rotatable bonds is 2. The molecule has 2 aromatic rings. The van der Waals surface area contributed by atoms with Gasteiger partial charge in [-0.3, -0.25) is 4.79 Å². The van der Waals surface area contributed by atoms with Crippen LogP contribution in [-0.2, 0) is 9.53 Å². The molecule has 1 atom stereocenters. The van der Waals surface area contributed by atoms with E-state index < -0.39 is 12.2 Å². The van der Waals surface area contributed by atoms with Gasteiger partial charge in [-0.2, -0.15) is 4.74 Å². The van der Waals surface area contributed by atoms with Gasteiger partial charge in [0.25, 0.3) is 0 Å². The van der Waals surface area contributed by atoms with Gasteiger partial charge in [0.2, 0.25) is 11.5 Å². The Morgan fingerprint density at radius 1 is 1.27 bits per heavy atom. The second kappa shape index (κ2) is 8.21. The number of esters is 1. The van der Waals surface area contributed by atoms with Gasteiger partial charge in [-0.05, 0) is 30.3 Å². The number of ether oxygens (including phenoxy) is 1. The fourth-order valence-electron chi connectivity index (χ4n) is 2.65. The van der Waals surface area contributed by atoms with Crippen molar-refractivity contribution >= 4 is 47.2 Å². The third kappa shape index (κ3) is 3.81. The number of halogens is 2. The van der Waals surface area contributed by atoms with E-state index >= 15 is 0 Å². The Balaban J connectivity index is 0.00000243. The Morgan fingerprint density at radius 2 is 1.96 bits per heavy atom. The number of hydrogen-bond acceptors (Lipinski definition) is 5. The molecular formula is C18H17Cl2N3O3. The minimum atomic E-state index is -1.22. The Labute approximate surface area is 162 Å². The number of likely N-dealkylation sites (N-methyl/N-ethyl adjacent to an activating group) is 1. The molecule has 1 heterocycles. The number of hydrogen-bond donors (Lipinski definition) is 1. The van der Waals surface area contributed by atoms with E-state index in [-0.39, 0.29) is 18.2 Å². The zero-order valence-corrected chi connectivity index (χ0v) is 15.7. The highest BCUT2D eigenvalue weighted by Gasteiger charge is 2.34. The lowest BCUT2D eigenvalue weighted by Crippen LogP contribution is -2.43. The molecule has 0 fully saturated rings. The first-order valence-corrected chi connectivity index (χ1v) is 8.01. The van der Waals surface area contributed by atoms with Gasteiger partial charge in [0.05, 0.1) is 11.3 Å². The number of amidine groups is 1. The van der Waals surface area contributed by atoms with Crippen LogP contribution in [-0.4, -0.2) is 35.5 Å². The predicted octanol–water partition coefficient (Wildman–Crippen LogP) is 3.26. The van der Waals surface area contributed by atoms with Crippen LogP contribution in [0.1, 0.15) is 18.1 Å². The highest BCUT2D eigenvalue weighted by atomic mass is 35.5. The topological polar surface area (TPSA) is 76.8 Å². The number of benzene rings is 2. The van der Waals surface area contributed by atoms with Crippen LogP contribution >= 0.6 is 24.0 Å².